The zero-order chi connectivity index (χ0) is 19.8. The summed E-state index contributed by atoms with van der Waals surface area (Å²) in [6.07, 6.45) is 1.24. The van der Waals surface area contributed by atoms with E-state index in [9.17, 15) is 19.5 Å². The van der Waals surface area contributed by atoms with Crippen LogP contribution < -0.4 is 15.5 Å². The van der Waals surface area contributed by atoms with Crippen LogP contribution in [0.25, 0.3) is 0 Å². The van der Waals surface area contributed by atoms with Crippen LogP contribution in [0.2, 0.25) is 0 Å². The Morgan fingerprint density at radius 3 is 2.44 bits per heavy atom. The normalized spacial score (nSPS) is 10.4. The maximum atomic E-state index is 11.8. The van der Waals surface area contributed by atoms with Gasteiger partial charge in [-0.25, -0.2) is 10.2 Å². The van der Waals surface area contributed by atoms with E-state index in [0.29, 0.717) is 17.9 Å². The molecule has 0 saturated carbocycles. The zero-order valence-electron chi connectivity index (χ0n) is 14.9. The second-order valence-electron chi connectivity index (χ2n) is 5.51. The molecule has 0 radical (unpaired) electrons. The first-order chi connectivity index (χ1) is 12.9. The fraction of sp³-hybridized carbons (Fsp3) is 0.158. The number of hydrogen-bond acceptors (Lipinski definition) is 5. The number of anilines is 1. The molecule has 0 heterocycles. The first-order valence-corrected chi connectivity index (χ1v) is 8.12. The number of nitrogens with zero attached hydrogens (tertiary/aromatic N) is 1. The molecule has 2 aromatic carbocycles. The number of rotatable bonds is 6. The van der Waals surface area contributed by atoms with Crippen LogP contribution in [0.5, 0.6) is 5.75 Å². The summed E-state index contributed by atoms with van der Waals surface area (Å²) in [5.74, 6) is -2.72. The molecule has 0 atom stereocenters. The van der Waals surface area contributed by atoms with Crippen molar-refractivity contribution in [3.8, 4) is 5.75 Å². The number of nitrogens with one attached hydrogen (secondary N) is 2. The fourth-order valence-corrected chi connectivity index (χ4v) is 2.12. The number of ether oxygens (including phenoxy) is 1. The highest BCUT2D eigenvalue weighted by atomic mass is 16.5. The summed E-state index contributed by atoms with van der Waals surface area (Å²) in [5, 5.41) is 15.3. The summed E-state index contributed by atoms with van der Waals surface area (Å²) < 4.78 is 5.24. The number of carboxylic acids is 1. The number of carbonyl (C=O) groups is 3. The van der Waals surface area contributed by atoms with Gasteiger partial charge in [0, 0.05) is 5.69 Å². The zero-order valence-corrected chi connectivity index (χ0v) is 14.9. The topological polar surface area (TPSA) is 117 Å². The monoisotopic (exact) mass is 369 g/mol. The van der Waals surface area contributed by atoms with Gasteiger partial charge in [-0.1, -0.05) is 17.7 Å². The molecule has 0 bridgehead atoms. The minimum Gasteiger partial charge on any atom is -0.493 e. The fourth-order valence-electron chi connectivity index (χ4n) is 2.12. The third kappa shape index (κ3) is 5.67. The molecular weight excluding hydrogens is 350 g/mol. The number of carboxylic acid groups (broad SMARTS) is 1. The molecule has 2 rings (SSSR count). The second kappa shape index (κ2) is 9.14. The van der Waals surface area contributed by atoms with E-state index >= 15 is 0 Å². The molecule has 2 amide bonds. The van der Waals surface area contributed by atoms with Gasteiger partial charge in [0.15, 0.2) is 0 Å². The van der Waals surface area contributed by atoms with Crippen LogP contribution in [0.1, 0.15) is 28.4 Å². The molecule has 27 heavy (non-hydrogen) atoms. The molecule has 3 N–H and O–H groups in total. The van der Waals surface area contributed by atoms with Crippen LogP contribution in [-0.4, -0.2) is 35.7 Å². The van der Waals surface area contributed by atoms with Crippen molar-refractivity contribution in [3.63, 3.8) is 0 Å². The van der Waals surface area contributed by atoms with Crippen LogP contribution in [0.15, 0.2) is 47.6 Å². The van der Waals surface area contributed by atoms with E-state index in [1.807, 2.05) is 6.92 Å². The van der Waals surface area contributed by atoms with E-state index in [0.717, 1.165) is 5.56 Å². The minimum atomic E-state index is -1.14. The quantitative estimate of drug-likeness (QED) is 0.410. The summed E-state index contributed by atoms with van der Waals surface area (Å²) in [5.41, 5.74) is 4.01. The third-order valence-corrected chi connectivity index (χ3v) is 3.43. The molecule has 140 valence electrons. The van der Waals surface area contributed by atoms with E-state index in [1.165, 1.54) is 18.3 Å². The summed E-state index contributed by atoms with van der Waals surface area (Å²) in [4.78, 5) is 34.8. The van der Waals surface area contributed by atoms with E-state index < -0.39 is 17.8 Å². The van der Waals surface area contributed by atoms with Crippen molar-refractivity contribution in [1.82, 2.24) is 5.43 Å². The van der Waals surface area contributed by atoms with Gasteiger partial charge in [-0.3, -0.25) is 9.59 Å². The number of amides is 2. The first kappa shape index (κ1) is 19.6. The van der Waals surface area contributed by atoms with Crippen molar-refractivity contribution in [3.05, 3.63) is 59.2 Å². The predicted molar refractivity (Wildman–Crippen MR) is 100 cm³/mol. The predicted octanol–water partition coefficient (Wildman–Crippen LogP) is 2.18. The lowest BCUT2D eigenvalue weighted by molar-refractivity contribution is -0.136. The highest BCUT2D eigenvalue weighted by Crippen LogP contribution is 2.19. The summed E-state index contributed by atoms with van der Waals surface area (Å²) in [7, 11) is 0. The molecule has 8 nitrogen and oxygen atoms in total. The molecule has 0 aromatic heterocycles. The van der Waals surface area contributed by atoms with Crippen molar-refractivity contribution >= 4 is 29.7 Å². The Labute approximate surface area is 155 Å². The Morgan fingerprint density at radius 2 is 1.81 bits per heavy atom. The highest BCUT2D eigenvalue weighted by molar-refractivity contribution is 6.39. The number of aromatic carboxylic acids is 1. The summed E-state index contributed by atoms with van der Waals surface area (Å²) in [6, 6.07) is 11.4. The van der Waals surface area contributed by atoms with Crippen molar-refractivity contribution in [2.45, 2.75) is 13.8 Å². The van der Waals surface area contributed by atoms with Crippen LogP contribution in [0, 0.1) is 6.92 Å². The number of carbonyl (C=O) groups excluding carboxylic acids is 2. The number of hydrogen-bond donors (Lipinski definition) is 3. The molecular formula is C19H19N3O5. The van der Waals surface area contributed by atoms with Crippen molar-refractivity contribution in [1.29, 1.82) is 0 Å². The van der Waals surface area contributed by atoms with Gasteiger partial charge < -0.3 is 15.2 Å². The Hall–Kier alpha value is -3.68. The molecule has 0 aliphatic rings. The lowest BCUT2D eigenvalue weighted by atomic mass is 10.1. The Bertz CT molecular complexity index is 875. The molecule has 0 aliphatic heterocycles. The molecule has 0 saturated heterocycles. The van der Waals surface area contributed by atoms with Gasteiger partial charge in [0.2, 0.25) is 0 Å². The molecule has 0 aliphatic carbocycles. The molecule has 0 fully saturated rings. The van der Waals surface area contributed by atoms with E-state index in [2.05, 4.69) is 15.8 Å². The lowest BCUT2D eigenvalue weighted by Gasteiger charge is -2.07. The minimum absolute atomic E-state index is 0.0239. The Morgan fingerprint density at radius 1 is 1.11 bits per heavy atom. The van der Waals surface area contributed by atoms with Crippen molar-refractivity contribution in [2.24, 2.45) is 5.10 Å². The van der Waals surface area contributed by atoms with Crippen LogP contribution >= 0.6 is 0 Å². The largest absolute Gasteiger partial charge is 0.493 e. The number of benzene rings is 2. The van der Waals surface area contributed by atoms with Crippen LogP contribution in [0.4, 0.5) is 5.69 Å². The van der Waals surface area contributed by atoms with E-state index in [1.54, 1.807) is 37.3 Å². The van der Waals surface area contributed by atoms with E-state index in [-0.39, 0.29) is 11.3 Å². The maximum absolute atomic E-state index is 11.8. The van der Waals surface area contributed by atoms with Gasteiger partial charge in [-0.15, -0.1) is 0 Å². The molecule has 0 spiro atoms. The van der Waals surface area contributed by atoms with Crippen LogP contribution in [0.3, 0.4) is 0 Å². The average Bonchev–Trinajstić information content (AvgIpc) is 2.64. The van der Waals surface area contributed by atoms with Gasteiger partial charge >= 0.3 is 17.8 Å². The van der Waals surface area contributed by atoms with Crippen molar-refractivity contribution < 1.29 is 24.2 Å². The number of aryl methyl sites for hydroxylation is 1. The Kier molecular flexibility index (Phi) is 6.65. The smallest absolute Gasteiger partial charge is 0.339 e. The average molecular weight is 369 g/mol. The molecule has 8 heteroatoms. The standard InChI is InChI=1S/C19H19N3O5/c1-3-27-16-9-6-13(10-15(16)19(25)26)11-20-22-18(24)17(23)21-14-7-4-12(2)5-8-14/h4-11H,3H2,1-2H3,(H,21,23)(H,22,24)(H,25,26)/b20-11-. The van der Waals surface area contributed by atoms with Gasteiger partial charge in [-0.05, 0) is 49.7 Å². The SMILES string of the molecule is CCOc1ccc(/C=N\NC(=O)C(=O)Nc2ccc(C)cc2)cc1C(=O)O. The summed E-state index contributed by atoms with van der Waals surface area (Å²) >= 11 is 0. The highest BCUT2D eigenvalue weighted by Gasteiger charge is 2.13. The Balaban J connectivity index is 1.98. The van der Waals surface area contributed by atoms with Gasteiger partial charge in [-0.2, -0.15) is 5.10 Å². The maximum Gasteiger partial charge on any atom is 0.339 e. The van der Waals surface area contributed by atoms with Crippen LogP contribution in [-0.2, 0) is 9.59 Å². The molecule has 2 aromatic rings. The molecule has 0 unspecified atom stereocenters. The van der Waals surface area contributed by atoms with E-state index in [4.69, 9.17) is 4.74 Å². The van der Waals surface area contributed by atoms with Gasteiger partial charge in [0.25, 0.3) is 0 Å². The first-order valence-electron chi connectivity index (χ1n) is 8.12. The van der Waals surface area contributed by atoms with Gasteiger partial charge in [0.05, 0.1) is 12.8 Å². The van der Waals surface area contributed by atoms with Crippen molar-refractivity contribution in [2.75, 3.05) is 11.9 Å². The van der Waals surface area contributed by atoms with Gasteiger partial charge in [0.1, 0.15) is 11.3 Å². The lowest BCUT2D eigenvalue weighted by Crippen LogP contribution is -2.32. The number of hydrazone groups is 1. The third-order valence-electron chi connectivity index (χ3n) is 3.43. The summed E-state index contributed by atoms with van der Waals surface area (Å²) in [6.45, 7) is 3.99. The second-order valence-corrected chi connectivity index (χ2v) is 5.51.